The largest absolute Gasteiger partial charge is 0.382 e. The van der Waals surface area contributed by atoms with Crippen LogP contribution < -0.4 is 5.32 Å². The Morgan fingerprint density at radius 3 is 2.68 bits per heavy atom. The number of imidazole rings is 1. The summed E-state index contributed by atoms with van der Waals surface area (Å²) in [7, 11) is 5.48. The first kappa shape index (κ1) is 24.4. The Hall–Kier alpha value is -1.65. The SMILES string of the molecule is CN=C(NCCCCOCCOC)N(C)Cc1ncc(-c2ccccc2)[nH]1.I. The standard InChI is InChI=1S/C20H31N5O2.HI/c1-21-20(22-11-7-8-12-27-14-13-26-3)25(2)16-19-23-15-18(24-19)17-9-5-4-6-10-17;/h4-6,9-10,15H,7-8,11-14,16H2,1-3H3,(H,21,22)(H,23,24);1H. The number of nitrogens with zero attached hydrogens (tertiary/aromatic N) is 3. The van der Waals surface area contributed by atoms with Gasteiger partial charge >= 0.3 is 0 Å². The Morgan fingerprint density at radius 1 is 1.18 bits per heavy atom. The van der Waals surface area contributed by atoms with E-state index in [-0.39, 0.29) is 24.0 Å². The maximum Gasteiger partial charge on any atom is 0.193 e. The molecule has 0 saturated carbocycles. The Kier molecular flexibility index (Phi) is 12.5. The molecule has 28 heavy (non-hydrogen) atoms. The topological polar surface area (TPSA) is 74.8 Å². The Morgan fingerprint density at radius 2 is 1.96 bits per heavy atom. The lowest BCUT2D eigenvalue weighted by Gasteiger charge is -2.21. The van der Waals surface area contributed by atoms with Gasteiger partial charge in [0.1, 0.15) is 5.82 Å². The smallest absolute Gasteiger partial charge is 0.193 e. The number of methoxy groups -OCH3 is 1. The lowest BCUT2D eigenvalue weighted by Crippen LogP contribution is -2.39. The zero-order valence-electron chi connectivity index (χ0n) is 17.0. The van der Waals surface area contributed by atoms with E-state index in [0.717, 1.165) is 49.0 Å². The number of hydrogen-bond acceptors (Lipinski definition) is 4. The first-order valence-corrected chi connectivity index (χ1v) is 9.32. The fourth-order valence-electron chi connectivity index (χ4n) is 2.67. The molecule has 2 rings (SSSR count). The molecule has 0 amide bonds. The van der Waals surface area contributed by atoms with Gasteiger partial charge in [0.2, 0.25) is 0 Å². The van der Waals surface area contributed by atoms with Gasteiger partial charge in [0.15, 0.2) is 5.96 Å². The molecule has 0 fully saturated rings. The molecule has 0 spiro atoms. The molecule has 2 aromatic rings. The molecule has 0 atom stereocenters. The highest BCUT2D eigenvalue weighted by Gasteiger charge is 2.09. The number of rotatable bonds is 11. The first-order valence-electron chi connectivity index (χ1n) is 9.32. The summed E-state index contributed by atoms with van der Waals surface area (Å²) in [5.74, 6) is 1.76. The van der Waals surface area contributed by atoms with Crippen LogP contribution in [0.4, 0.5) is 0 Å². The number of aromatic amines is 1. The number of unbranched alkanes of at least 4 members (excludes halogenated alkanes) is 1. The fraction of sp³-hybridized carbons (Fsp3) is 0.500. The van der Waals surface area contributed by atoms with E-state index in [2.05, 4.69) is 37.3 Å². The highest BCUT2D eigenvalue weighted by Crippen LogP contribution is 2.16. The van der Waals surface area contributed by atoms with E-state index in [1.807, 2.05) is 31.4 Å². The molecule has 0 aliphatic rings. The average molecular weight is 501 g/mol. The van der Waals surface area contributed by atoms with Gasteiger partial charge < -0.3 is 24.7 Å². The van der Waals surface area contributed by atoms with E-state index in [1.165, 1.54) is 0 Å². The molecule has 0 radical (unpaired) electrons. The third kappa shape index (κ3) is 8.57. The maximum absolute atomic E-state index is 5.47. The molecule has 0 unspecified atom stereocenters. The minimum atomic E-state index is 0. The number of aromatic nitrogens is 2. The number of nitrogens with one attached hydrogen (secondary N) is 2. The van der Waals surface area contributed by atoms with E-state index in [9.17, 15) is 0 Å². The van der Waals surface area contributed by atoms with Gasteiger partial charge in [0.05, 0.1) is 31.6 Å². The molecular weight excluding hydrogens is 469 g/mol. The Bertz CT molecular complexity index is 678. The van der Waals surface area contributed by atoms with Gasteiger partial charge in [-0.15, -0.1) is 24.0 Å². The zero-order chi connectivity index (χ0) is 19.3. The number of halogens is 1. The van der Waals surface area contributed by atoms with Crippen molar-refractivity contribution in [1.82, 2.24) is 20.2 Å². The lowest BCUT2D eigenvalue weighted by atomic mass is 10.2. The minimum absolute atomic E-state index is 0. The summed E-state index contributed by atoms with van der Waals surface area (Å²) in [6.45, 7) is 3.58. The summed E-state index contributed by atoms with van der Waals surface area (Å²) in [5.41, 5.74) is 2.16. The quantitative estimate of drug-likeness (QED) is 0.214. The molecule has 1 aromatic carbocycles. The molecule has 0 saturated heterocycles. The molecule has 1 heterocycles. The molecular formula is C20H32IN5O2. The number of aliphatic imine (C=N–C) groups is 1. The monoisotopic (exact) mass is 501 g/mol. The first-order chi connectivity index (χ1) is 13.2. The average Bonchev–Trinajstić information content (AvgIpc) is 3.16. The highest BCUT2D eigenvalue weighted by atomic mass is 127. The Labute approximate surface area is 185 Å². The molecule has 1 aromatic heterocycles. The van der Waals surface area contributed by atoms with Gasteiger partial charge in [-0.05, 0) is 18.4 Å². The second-order valence-corrected chi connectivity index (χ2v) is 6.25. The second-order valence-electron chi connectivity index (χ2n) is 6.25. The summed E-state index contributed by atoms with van der Waals surface area (Å²) >= 11 is 0. The molecule has 156 valence electrons. The van der Waals surface area contributed by atoms with Crippen molar-refractivity contribution in [2.75, 3.05) is 47.6 Å². The van der Waals surface area contributed by atoms with E-state index in [4.69, 9.17) is 9.47 Å². The summed E-state index contributed by atoms with van der Waals surface area (Å²) < 4.78 is 10.4. The molecule has 0 aliphatic heterocycles. The van der Waals surface area contributed by atoms with Crippen molar-refractivity contribution in [3.8, 4) is 11.3 Å². The van der Waals surface area contributed by atoms with Crippen LogP contribution in [-0.2, 0) is 16.0 Å². The van der Waals surface area contributed by atoms with Crippen LogP contribution in [0, 0.1) is 0 Å². The van der Waals surface area contributed by atoms with Crippen LogP contribution in [0.25, 0.3) is 11.3 Å². The van der Waals surface area contributed by atoms with E-state index in [0.29, 0.717) is 19.8 Å². The predicted molar refractivity (Wildman–Crippen MR) is 124 cm³/mol. The predicted octanol–water partition coefficient (Wildman–Crippen LogP) is 3.15. The van der Waals surface area contributed by atoms with Gasteiger partial charge in [-0.3, -0.25) is 4.99 Å². The van der Waals surface area contributed by atoms with Gasteiger partial charge in [0.25, 0.3) is 0 Å². The third-order valence-corrected chi connectivity index (χ3v) is 4.10. The van der Waals surface area contributed by atoms with Crippen molar-refractivity contribution >= 4 is 29.9 Å². The van der Waals surface area contributed by atoms with Gasteiger partial charge in [0, 0.05) is 34.4 Å². The van der Waals surface area contributed by atoms with E-state index in [1.54, 1.807) is 14.2 Å². The fourth-order valence-corrected chi connectivity index (χ4v) is 2.67. The molecule has 0 aliphatic carbocycles. The zero-order valence-corrected chi connectivity index (χ0v) is 19.3. The number of H-pyrrole nitrogens is 1. The number of benzene rings is 1. The molecule has 8 heteroatoms. The van der Waals surface area contributed by atoms with Crippen molar-refractivity contribution in [2.24, 2.45) is 4.99 Å². The van der Waals surface area contributed by atoms with Crippen LogP contribution in [0.15, 0.2) is 41.5 Å². The van der Waals surface area contributed by atoms with Crippen molar-refractivity contribution in [3.63, 3.8) is 0 Å². The van der Waals surface area contributed by atoms with Crippen molar-refractivity contribution in [3.05, 3.63) is 42.4 Å². The van der Waals surface area contributed by atoms with E-state index < -0.39 is 0 Å². The van der Waals surface area contributed by atoms with Crippen molar-refractivity contribution < 1.29 is 9.47 Å². The van der Waals surface area contributed by atoms with Gasteiger partial charge in [-0.1, -0.05) is 30.3 Å². The van der Waals surface area contributed by atoms with E-state index >= 15 is 0 Å². The molecule has 7 nitrogen and oxygen atoms in total. The van der Waals surface area contributed by atoms with Crippen LogP contribution >= 0.6 is 24.0 Å². The maximum atomic E-state index is 5.47. The highest BCUT2D eigenvalue weighted by molar-refractivity contribution is 14.0. The van der Waals surface area contributed by atoms with Gasteiger partial charge in [-0.25, -0.2) is 4.98 Å². The lowest BCUT2D eigenvalue weighted by molar-refractivity contribution is 0.0689. The normalized spacial score (nSPS) is 11.2. The Balaban J connectivity index is 0.00000392. The molecule has 2 N–H and O–H groups in total. The summed E-state index contributed by atoms with van der Waals surface area (Å²) in [6, 6.07) is 10.2. The summed E-state index contributed by atoms with van der Waals surface area (Å²) in [6.07, 6.45) is 3.91. The third-order valence-electron chi connectivity index (χ3n) is 4.10. The summed E-state index contributed by atoms with van der Waals surface area (Å²) in [5, 5.41) is 3.38. The number of hydrogen-bond donors (Lipinski definition) is 2. The molecule has 0 bridgehead atoms. The second kappa shape index (κ2) is 14.4. The van der Waals surface area contributed by atoms with Crippen LogP contribution in [-0.4, -0.2) is 68.4 Å². The number of guanidine groups is 1. The van der Waals surface area contributed by atoms with Gasteiger partial charge in [-0.2, -0.15) is 0 Å². The minimum Gasteiger partial charge on any atom is -0.382 e. The summed E-state index contributed by atoms with van der Waals surface area (Å²) in [4.78, 5) is 14.3. The van der Waals surface area contributed by atoms with Crippen LogP contribution in [0.2, 0.25) is 0 Å². The van der Waals surface area contributed by atoms with Crippen molar-refractivity contribution in [1.29, 1.82) is 0 Å². The van der Waals surface area contributed by atoms with Crippen LogP contribution in [0.3, 0.4) is 0 Å². The van der Waals surface area contributed by atoms with Crippen molar-refractivity contribution in [2.45, 2.75) is 19.4 Å². The number of ether oxygens (including phenoxy) is 2. The van der Waals surface area contributed by atoms with Crippen LogP contribution in [0.5, 0.6) is 0 Å². The van der Waals surface area contributed by atoms with Crippen LogP contribution in [0.1, 0.15) is 18.7 Å².